The zero-order valence-electron chi connectivity index (χ0n) is 8.63. The average Bonchev–Trinajstić information content (AvgIpc) is 2.03. The van der Waals surface area contributed by atoms with Crippen molar-refractivity contribution in [3.05, 3.63) is 24.3 Å². The summed E-state index contributed by atoms with van der Waals surface area (Å²) in [5, 5.41) is 0. The number of ether oxygens (including phenoxy) is 2. The third kappa shape index (κ3) is 3.36. The highest BCUT2D eigenvalue weighted by atomic mass is 16.5. The summed E-state index contributed by atoms with van der Waals surface area (Å²) >= 11 is 0. The maximum Gasteiger partial charge on any atom is 0.120 e. The second-order valence-corrected chi connectivity index (χ2v) is 3.89. The molecule has 0 aliphatic heterocycles. The van der Waals surface area contributed by atoms with Gasteiger partial charge in [0.15, 0.2) is 0 Å². The molecule has 0 saturated carbocycles. The molecule has 1 rings (SSSR count). The third-order valence-electron chi connectivity index (χ3n) is 1.48. The van der Waals surface area contributed by atoms with E-state index in [1.807, 2.05) is 45.0 Å². The van der Waals surface area contributed by atoms with Crippen molar-refractivity contribution in [3.8, 4) is 11.5 Å². The minimum Gasteiger partial charge on any atom is -0.497 e. The highest BCUT2D eigenvalue weighted by Gasteiger charge is 2.11. The molecule has 0 aliphatic carbocycles. The number of rotatable bonds is 2. The van der Waals surface area contributed by atoms with Crippen LogP contribution in [-0.2, 0) is 0 Å². The van der Waals surface area contributed by atoms with Crippen LogP contribution in [0.3, 0.4) is 0 Å². The third-order valence-corrected chi connectivity index (χ3v) is 1.48. The summed E-state index contributed by atoms with van der Waals surface area (Å²) in [6.07, 6.45) is 0. The molecule has 0 atom stereocenters. The van der Waals surface area contributed by atoms with E-state index in [-0.39, 0.29) is 5.60 Å². The second-order valence-electron chi connectivity index (χ2n) is 3.89. The van der Waals surface area contributed by atoms with Gasteiger partial charge in [-0.25, -0.2) is 0 Å². The first-order chi connectivity index (χ1) is 6.01. The first-order valence-electron chi connectivity index (χ1n) is 4.34. The Labute approximate surface area is 79.5 Å². The summed E-state index contributed by atoms with van der Waals surface area (Å²) in [7, 11) is 1.65. The van der Waals surface area contributed by atoms with E-state index in [2.05, 4.69) is 0 Å². The van der Waals surface area contributed by atoms with Gasteiger partial charge in [0.25, 0.3) is 0 Å². The molecule has 13 heavy (non-hydrogen) atoms. The van der Waals surface area contributed by atoms with Crippen molar-refractivity contribution in [2.75, 3.05) is 7.11 Å². The van der Waals surface area contributed by atoms with Crippen LogP contribution in [0.25, 0.3) is 0 Å². The Bertz CT molecular complexity index is 256. The molecular formula is C11H16O2. The minimum absolute atomic E-state index is 0.144. The minimum atomic E-state index is -0.144. The van der Waals surface area contributed by atoms with Crippen LogP contribution in [0, 0.1) is 0 Å². The molecule has 0 bridgehead atoms. The predicted molar refractivity (Wildman–Crippen MR) is 53.4 cm³/mol. The normalized spacial score (nSPS) is 11.1. The molecule has 0 N–H and O–H groups in total. The quantitative estimate of drug-likeness (QED) is 0.696. The first kappa shape index (κ1) is 9.90. The van der Waals surface area contributed by atoms with Gasteiger partial charge in [0, 0.05) is 0 Å². The van der Waals surface area contributed by atoms with Crippen molar-refractivity contribution < 1.29 is 9.47 Å². The highest BCUT2D eigenvalue weighted by molar-refractivity contribution is 5.31. The van der Waals surface area contributed by atoms with Gasteiger partial charge in [-0.05, 0) is 45.0 Å². The SMILES string of the molecule is COc1ccc(OC(C)(C)C)cc1. The van der Waals surface area contributed by atoms with Gasteiger partial charge >= 0.3 is 0 Å². The van der Waals surface area contributed by atoms with Crippen molar-refractivity contribution in [2.45, 2.75) is 26.4 Å². The summed E-state index contributed by atoms with van der Waals surface area (Å²) in [6, 6.07) is 7.59. The van der Waals surface area contributed by atoms with Crippen LogP contribution in [0.15, 0.2) is 24.3 Å². The summed E-state index contributed by atoms with van der Waals surface area (Å²) < 4.78 is 10.7. The van der Waals surface area contributed by atoms with Crippen LogP contribution >= 0.6 is 0 Å². The van der Waals surface area contributed by atoms with Gasteiger partial charge in [-0.2, -0.15) is 0 Å². The van der Waals surface area contributed by atoms with E-state index in [9.17, 15) is 0 Å². The molecular weight excluding hydrogens is 164 g/mol. The fourth-order valence-electron chi connectivity index (χ4n) is 0.997. The van der Waals surface area contributed by atoms with Gasteiger partial charge < -0.3 is 9.47 Å². The van der Waals surface area contributed by atoms with Crippen LogP contribution in [0.2, 0.25) is 0 Å². The van der Waals surface area contributed by atoms with Crippen molar-refractivity contribution in [1.82, 2.24) is 0 Å². The number of hydrogen-bond acceptors (Lipinski definition) is 2. The standard InChI is InChI=1S/C11H16O2/c1-11(2,3)13-10-7-5-9(12-4)6-8-10/h5-8H,1-4H3. The van der Waals surface area contributed by atoms with Crippen molar-refractivity contribution in [2.24, 2.45) is 0 Å². The van der Waals surface area contributed by atoms with Gasteiger partial charge in [-0.15, -0.1) is 0 Å². The van der Waals surface area contributed by atoms with Crippen LogP contribution in [0.5, 0.6) is 11.5 Å². The van der Waals surface area contributed by atoms with Crippen molar-refractivity contribution >= 4 is 0 Å². The van der Waals surface area contributed by atoms with E-state index in [0.29, 0.717) is 0 Å². The molecule has 0 fully saturated rings. The summed E-state index contributed by atoms with van der Waals surface area (Å²) in [4.78, 5) is 0. The Morgan fingerprint density at radius 2 is 1.38 bits per heavy atom. The summed E-state index contributed by atoms with van der Waals surface area (Å²) in [5.74, 6) is 1.72. The molecule has 0 aromatic heterocycles. The Kier molecular flexibility index (Phi) is 2.81. The molecule has 0 unspecified atom stereocenters. The van der Waals surface area contributed by atoms with Gasteiger partial charge in [-0.3, -0.25) is 0 Å². The van der Waals surface area contributed by atoms with E-state index in [0.717, 1.165) is 11.5 Å². The maximum absolute atomic E-state index is 5.65. The molecule has 2 nitrogen and oxygen atoms in total. The molecule has 2 heteroatoms. The number of hydrogen-bond donors (Lipinski definition) is 0. The van der Waals surface area contributed by atoms with E-state index >= 15 is 0 Å². The van der Waals surface area contributed by atoms with E-state index in [1.54, 1.807) is 7.11 Å². The largest absolute Gasteiger partial charge is 0.497 e. The molecule has 0 aliphatic rings. The fourth-order valence-corrected chi connectivity index (χ4v) is 0.997. The molecule has 0 saturated heterocycles. The first-order valence-corrected chi connectivity index (χ1v) is 4.34. The van der Waals surface area contributed by atoms with Gasteiger partial charge in [-0.1, -0.05) is 0 Å². The smallest absolute Gasteiger partial charge is 0.120 e. The molecule has 1 aromatic rings. The maximum atomic E-state index is 5.65. The van der Waals surface area contributed by atoms with Crippen molar-refractivity contribution in [1.29, 1.82) is 0 Å². The Balaban J connectivity index is 2.70. The van der Waals surface area contributed by atoms with Gasteiger partial charge in [0.05, 0.1) is 7.11 Å². The lowest BCUT2D eigenvalue weighted by molar-refractivity contribution is 0.131. The van der Waals surface area contributed by atoms with E-state index < -0.39 is 0 Å². The topological polar surface area (TPSA) is 18.5 Å². The molecule has 0 amide bonds. The zero-order chi connectivity index (χ0) is 9.90. The molecule has 0 radical (unpaired) electrons. The van der Waals surface area contributed by atoms with Crippen LogP contribution < -0.4 is 9.47 Å². The molecule has 1 aromatic carbocycles. The van der Waals surface area contributed by atoms with Crippen molar-refractivity contribution in [3.63, 3.8) is 0 Å². The highest BCUT2D eigenvalue weighted by Crippen LogP contribution is 2.21. The van der Waals surface area contributed by atoms with E-state index in [1.165, 1.54) is 0 Å². The Hall–Kier alpha value is -1.18. The fraction of sp³-hybridized carbons (Fsp3) is 0.455. The van der Waals surface area contributed by atoms with E-state index in [4.69, 9.17) is 9.47 Å². The number of methoxy groups -OCH3 is 1. The lowest BCUT2D eigenvalue weighted by Gasteiger charge is -2.21. The van der Waals surface area contributed by atoms with Crippen LogP contribution in [0.4, 0.5) is 0 Å². The Morgan fingerprint density at radius 3 is 1.77 bits per heavy atom. The predicted octanol–water partition coefficient (Wildman–Crippen LogP) is 2.87. The van der Waals surface area contributed by atoms with Gasteiger partial charge in [0.2, 0.25) is 0 Å². The molecule has 0 spiro atoms. The molecule has 0 heterocycles. The molecule has 72 valence electrons. The zero-order valence-corrected chi connectivity index (χ0v) is 8.63. The second kappa shape index (κ2) is 3.69. The summed E-state index contributed by atoms with van der Waals surface area (Å²) in [5.41, 5.74) is -0.144. The van der Waals surface area contributed by atoms with Gasteiger partial charge in [0.1, 0.15) is 17.1 Å². The average molecular weight is 180 g/mol. The lowest BCUT2D eigenvalue weighted by Crippen LogP contribution is -2.22. The monoisotopic (exact) mass is 180 g/mol. The number of benzene rings is 1. The Morgan fingerprint density at radius 1 is 0.923 bits per heavy atom. The lowest BCUT2D eigenvalue weighted by atomic mass is 10.2. The van der Waals surface area contributed by atoms with Crippen LogP contribution in [-0.4, -0.2) is 12.7 Å². The van der Waals surface area contributed by atoms with Crippen LogP contribution in [0.1, 0.15) is 20.8 Å². The summed E-state index contributed by atoms with van der Waals surface area (Å²) in [6.45, 7) is 6.08.